The van der Waals surface area contributed by atoms with Gasteiger partial charge in [-0.1, -0.05) is 13.8 Å². The van der Waals surface area contributed by atoms with E-state index in [1.807, 2.05) is 11.6 Å². The first-order valence-electron chi connectivity index (χ1n) is 7.89. The highest BCUT2D eigenvalue weighted by atomic mass is 16.2. The van der Waals surface area contributed by atoms with Crippen LogP contribution in [0.1, 0.15) is 45.2 Å². The molecule has 0 aromatic carbocycles. The minimum absolute atomic E-state index is 0.202. The minimum atomic E-state index is 0.202. The van der Waals surface area contributed by atoms with E-state index in [2.05, 4.69) is 24.3 Å². The molecule has 2 aliphatic carbocycles. The normalized spacial score (nSPS) is 25.0. The Hall–Kier alpha value is -1.32. The summed E-state index contributed by atoms with van der Waals surface area (Å²) < 4.78 is 2.00. The van der Waals surface area contributed by atoms with Crippen molar-refractivity contribution in [3.63, 3.8) is 0 Å². The largest absolute Gasteiger partial charge is 0.323 e. The average molecular weight is 275 g/mol. The number of aryl methyl sites for hydroxylation is 1. The lowest BCUT2D eigenvalue weighted by Crippen LogP contribution is -2.16. The summed E-state index contributed by atoms with van der Waals surface area (Å²) in [6.07, 6.45) is 6.67. The third-order valence-corrected chi connectivity index (χ3v) is 4.68. The van der Waals surface area contributed by atoms with Crippen molar-refractivity contribution in [2.45, 2.75) is 53.0 Å². The fourth-order valence-electron chi connectivity index (χ4n) is 2.96. The smallest absolute Gasteiger partial charge is 0.227 e. The molecule has 1 heterocycles. The maximum absolute atomic E-state index is 12.2. The summed E-state index contributed by atoms with van der Waals surface area (Å²) in [4.78, 5) is 12.2. The third-order valence-electron chi connectivity index (χ3n) is 4.68. The Bertz CT molecular complexity index is 502. The molecule has 2 fully saturated rings. The van der Waals surface area contributed by atoms with Crippen LogP contribution in [0.5, 0.6) is 0 Å². The number of carbonyl (C=O) groups excluding carboxylic acids is 1. The molecule has 2 atom stereocenters. The predicted molar refractivity (Wildman–Crippen MR) is 79.4 cm³/mol. The van der Waals surface area contributed by atoms with Crippen LogP contribution in [-0.2, 0) is 11.3 Å². The summed E-state index contributed by atoms with van der Waals surface area (Å²) in [7, 11) is 0. The van der Waals surface area contributed by atoms with Crippen LogP contribution in [0.2, 0.25) is 0 Å². The molecule has 0 bridgehead atoms. The Morgan fingerprint density at radius 1 is 1.50 bits per heavy atom. The monoisotopic (exact) mass is 275 g/mol. The maximum atomic E-state index is 12.2. The number of rotatable bonds is 6. The van der Waals surface area contributed by atoms with Gasteiger partial charge in [-0.05, 0) is 50.4 Å². The topological polar surface area (TPSA) is 46.9 Å². The van der Waals surface area contributed by atoms with Gasteiger partial charge in [-0.15, -0.1) is 0 Å². The van der Waals surface area contributed by atoms with Crippen molar-refractivity contribution < 1.29 is 4.79 Å². The first kappa shape index (κ1) is 13.7. The molecule has 20 heavy (non-hydrogen) atoms. The summed E-state index contributed by atoms with van der Waals surface area (Å²) in [5.74, 6) is 2.66. The van der Waals surface area contributed by atoms with E-state index in [9.17, 15) is 4.79 Å². The van der Waals surface area contributed by atoms with Gasteiger partial charge in [0.2, 0.25) is 5.91 Å². The average Bonchev–Trinajstić information content (AvgIpc) is 3.25. The van der Waals surface area contributed by atoms with Crippen molar-refractivity contribution in [2.75, 3.05) is 5.32 Å². The van der Waals surface area contributed by atoms with Gasteiger partial charge in [-0.25, -0.2) is 0 Å². The Kier molecular flexibility index (Phi) is 3.57. The van der Waals surface area contributed by atoms with Gasteiger partial charge in [0.05, 0.1) is 17.6 Å². The Morgan fingerprint density at radius 3 is 2.90 bits per heavy atom. The number of carbonyl (C=O) groups is 1. The van der Waals surface area contributed by atoms with Crippen molar-refractivity contribution in [2.24, 2.45) is 23.7 Å². The Labute approximate surface area is 120 Å². The van der Waals surface area contributed by atoms with E-state index in [4.69, 9.17) is 0 Å². The molecular weight excluding hydrogens is 250 g/mol. The van der Waals surface area contributed by atoms with Crippen LogP contribution >= 0.6 is 0 Å². The summed E-state index contributed by atoms with van der Waals surface area (Å²) in [6, 6.07) is 0. The second kappa shape index (κ2) is 5.23. The van der Waals surface area contributed by atoms with Gasteiger partial charge in [0.15, 0.2) is 0 Å². The molecule has 2 saturated carbocycles. The van der Waals surface area contributed by atoms with E-state index in [1.165, 1.54) is 12.8 Å². The highest BCUT2D eigenvalue weighted by Crippen LogP contribution is 2.54. The number of hydrogen-bond acceptors (Lipinski definition) is 2. The SMILES string of the molecule is Cc1c(NC(=O)[C@H]2C[C@@H]2C2CC2)cnn1CCC(C)C. The molecule has 0 radical (unpaired) electrons. The zero-order chi connectivity index (χ0) is 14.3. The fraction of sp³-hybridized carbons (Fsp3) is 0.750. The summed E-state index contributed by atoms with van der Waals surface area (Å²) in [5, 5.41) is 7.46. The number of amides is 1. The fourth-order valence-corrected chi connectivity index (χ4v) is 2.96. The van der Waals surface area contributed by atoms with Crippen LogP contribution < -0.4 is 5.32 Å². The Morgan fingerprint density at radius 2 is 2.25 bits per heavy atom. The first-order valence-corrected chi connectivity index (χ1v) is 7.89. The molecular formula is C16H25N3O. The molecule has 1 N–H and O–H groups in total. The maximum Gasteiger partial charge on any atom is 0.227 e. The molecule has 0 aliphatic heterocycles. The van der Waals surface area contributed by atoms with Crippen molar-refractivity contribution in [1.82, 2.24) is 9.78 Å². The van der Waals surface area contributed by atoms with Crippen LogP contribution in [0.15, 0.2) is 6.20 Å². The van der Waals surface area contributed by atoms with E-state index in [0.29, 0.717) is 11.8 Å². The third kappa shape index (κ3) is 2.89. The lowest BCUT2D eigenvalue weighted by Gasteiger charge is -2.08. The molecule has 1 amide bonds. The molecule has 2 aliphatic rings. The number of aromatic nitrogens is 2. The molecule has 110 valence electrons. The highest BCUT2D eigenvalue weighted by Gasteiger charge is 2.51. The molecule has 1 aromatic heterocycles. The van der Waals surface area contributed by atoms with Crippen molar-refractivity contribution in [3.05, 3.63) is 11.9 Å². The molecule has 1 aromatic rings. The van der Waals surface area contributed by atoms with E-state index in [1.54, 1.807) is 6.20 Å². The van der Waals surface area contributed by atoms with Gasteiger partial charge in [0.25, 0.3) is 0 Å². The van der Waals surface area contributed by atoms with Gasteiger partial charge in [-0.2, -0.15) is 5.10 Å². The number of hydrogen-bond donors (Lipinski definition) is 1. The van der Waals surface area contributed by atoms with Gasteiger partial charge in [-0.3, -0.25) is 9.48 Å². The number of nitrogens with zero attached hydrogens (tertiary/aromatic N) is 2. The quantitative estimate of drug-likeness (QED) is 0.866. The van der Waals surface area contributed by atoms with Gasteiger partial charge in [0.1, 0.15) is 0 Å². The molecule has 4 heteroatoms. The van der Waals surface area contributed by atoms with Gasteiger partial charge < -0.3 is 5.32 Å². The molecule has 0 spiro atoms. The lowest BCUT2D eigenvalue weighted by molar-refractivity contribution is -0.117. The van der Waals surface area contributed by atoms with Gasteiger partial charge >= 0.3 is 0 Å². The number of nitrogens with one attached hydrogen (secondary N) is 1. The molecule has 0 saturated heterocycles. The van der Waals surface area contributed by atoms with Crippen LogP contribution in [0.4, 0.5) is 5.69 Å². The van der Waals surface area contributed by atoms with E-state index in [0.717, 1.165) is 36.7 Å². The van der Waals surface area contributed by atoms with E-state index in [-0.39, 0.29) is 11.8 Å². The molecule has 3 rings (SSSR count). The van der Waals surface area contributed by atoms with Crippen LogP contribution in [0.3, 0.4) is 0 Å². The highest BCUT2D eigenvalue weighted by molar-refractivity contribution is 5.94. The summed E-state index contributed by atoms with van der Waals surface area (Å²) in [6.45, 7) is 7.39. The van der Waals surface area contributed by atoms with E-state index >= 15 is 0 Å². The van der Waals surface area contributed by atoms with Gasteiger partial charge in [0, 0.05) is 12.5 Å². The zero-order valence-electron chi connectivity index (χ0n) is 12.7. The van der Waals surface area contributed by atoms with E-state index < -0.39 is 0 Å². The van der Waals surface area contributed by atoms with Crippen molar-refractivity contribution >= 4 is 11.6 Å². The minimum Gasteiger partial charge on any atom is -0.323 e. The van der Waals surface area contributed by atoms with Crippen LogP contribution in [-0.4, -0.2) is 15.7 Å². The first-order chi connectivity index (χ1) is 9.56. The van der Waals surface area contributed by atoms with Crippen LogP contribution in [0, 0.1) is 30.6 Å². The number of anilines is 1. The molecule has 0 unspecified atom stereocenters. The summed E-state index contributed by atoms with van der Waals surface area (Å²) in [5.41, 5.74) is 1.96. The van der Waals surface area contributed by atoms with Crippen molar-refractivity contribution in [3.8, 4) is 0 Å². The lowest BCUT2D eigenvalue weighted by atomic mass is 10.1. The van der Waals surface area contributed by atoms with Crippen LogP contribution in [0.25, 0.3) is 0 Å². The van der Waals surface area contributed by atoms with Crippen molar-refractivity contribution in [1.29, 1.82) is 0 Å². The molecule has 4 nitrogen and oxygen atoms in total. The standard InChI is InChI=1S/C16H25N3O/c1-10(2)6-7-19-11(3)15(9-17-19)18-16(20)14-8-13(14)12-4-5-12/h9-10,12-14H,4-8H2,1-3H3,(H,18,20)/t13-,14+/m1/s1. The summed E-state index contributed by atoms with van der Waals surface area (Å²) >= 11 is 0. The Balaban J connectivity index is 1.56. The predicted octanol–water partition coefficient (Wildman–Crippen LogP) is 3.22. The second-order valence-corrected chi connectivity index (χ2v) is 6.88. The second-order valence-electron chi connectivity index (χ2n) is 6.88. The zero-order valence-corrected chi connectivity index (χ0v) is 12.7.